The number of rotatable bonds is 4. The molecule has 2 aromatic heterocycles. The van der Waals surface area contributed by atoms with Crippen LogP contribution in [0.25, 0.3) is 11.1 Å². The second-order valence-corrected chi connectivity index (χ2v) is 8.15. The zero-order chi connectivity index (χ0) is 18.7. The van der Waals surface area contributed by atoms with E-state index in [2.05, 4.69) is 40.6 Å². The van der Waals surface area contributed by atoms with Crippen LogP contribution >= 0.6 is 0 Å². The molecule has 0 bridgehead atoms. The van der Waals surface area contributed by atoms with Gasteiger partial charge in [-0.15, -0.1) is 0 Å². The van der Waals surface area contributed by atoms with Crippen molar-refractivity contribution < 1.29 is 4.74 Å². The normalized spacial score (nSPS) is 18.7. The molecule has 1 atom stereocenters. The summed E-state index contributed by atoms with van der Waals surface area (Å²) in [5.74, 6) is 0.678. The van der Waals surface area contributed by atoms with Gasteiger partial charge in [0, 0.05) is 63.4 Å². The standard InChI is InChI=1S/C19H28N6O/c1-19(2,3)12-25-6-7-26-16(11-25)17-15(14-8-20-13-21-9-14)10-22-18(23-17)24(4)5/h8-10,13,16H,6-7,11-12H2,1-5H3/t16-/m1/s1. The maximum Gasteiger partial charge on any atom is 0.225 e. The van der Waals surface area contributed by atoms with Crippen molar-refractivity contribution in [1.29, 1.82) is 0 Å². The van der Waals surface area contributed by atoms with Crippen molar-refractivity contribution >= 4 is 5.95 Å². The molecule has 1 aliphatic rings. The molecule has 0 amide bonds. The zero-order valence-corrected chi connectivity index (χ0v) is 16.3. The minimum absolute atomic E-state index is 0.0944. The van der Waals surface area contributed by atoms with Crippen LogP contribution < -0.4 is 4.90 Å². The number of hydrogen-bond donors (Lipinski definition) is 0. The van der Waals surface area contributed by atoms with Crippen LogP contribution in [0.2, 0.25) is 0 Å². The van der Waals surface area contributed by atoms with Crippen LogP contribution in [-0.4, -0.2) is 65.2 Å². The quantitative estimate of drug-likeness (QED) is 0.833. The topological polar surface area (TPSA) is 67.3 Å². The smallest absolute Gasteiger partial charge is 0.225 e. The fraction of sp³-hybridized carbons (Fsp3) is 0.579. The molecule has 0 aliphatic carbocycles. The van der Waals surface area contributed by atoms with Crippen LogP contribution in [0.3, 0.4) is 0 Å². The first-order chi connectivity index (χ1) is 12.3. The number of aromatic nitrogens is 4. The van der Waals surface area contributed by atoms with Gasteiger partial charge in [0.2, 0.25) is 5.95 Å². The summed E-state index contributed by atoms with van der Waals surface area (Å²) in [4.78, 5) is 21.9. The lowest BCUT2D eigenvalue weighted by molar-refractivity contribution is -0.0404. The van der Waals surface area contributed by atoms with Crippen molar-refractivity contribution in [2.45, 2.75) is 26.9 Å². The van der Waals surface area contributed by atoms with Crippen molar-refractivity contribution in [3.63, 3.8) is 0 Å². The zero-order valence-electron chi connectivity index (χ0n) is 16.3. The average molecular weight is 356 g/mol. The van der Waals surface area contributed by atoms with Crippen LogP contribution in [0, 0.1) is 5.41 Å². The summed E-state index contributed by atoms with van der Waals surface area (Å²) in [6.07, 6.45) is 6.87. The summed E-state index contributed by atoms with van der Waals surface area (Å²) in [7, 11) is 3.89. The number of anilines is 1. The molecule has 0 radical (unpaired) electrons. The molecule has 1 saturated heterocycles. The van der Waals surface area contributed by atoms with Gasteiger partial charge in [0.25, 0.3) is 0 Å². The monoisotopic (exact) mass is 356 g/mol. The molecule has 0 unspecified atom stereocenters. The molecule has 7 heteroatoms. The Kier molecular flexibility index (Phi) is 5.48. The Morgan fingerprint density at radius 2 is 1.92 bits per heavy atom. The molecule has 1 aliphatic heterocycles. The van der Waals surface area contributed by atoms with Crippen molar-refractivity contribution in [2.75, 3.05) is 45.2 Å². The molecule has 0 saturated carbocycles. The summed E-state index contributed by atoms with van der Waals surface area (Å²) in [5.41, 5.74) is 2.98. The summed E-state index contributed by atoms with van der Waals surface area (Å²) < 4.78 is 6.11. The third-order valence-electron chi connectivity index (χ3n) is 4.23. The SMILES string of the molecule is CN(C)c1ncc(-c2cncnc2)c([C@H]2CN(CC(C)(C)C)CCO2)n1. The molecule has 140 valence electrons. The van der Waals surface area contributed by atoms with E-state index in [4.69, 9.17) is 9.72 Å². The van der Waals surface area contributed by atoms with Gasteiger partial charge in [0.1, 0.15) is 12.4 Å². The summed E-state index contributed by atoms with van der Waals surface area (Å²) in [6.45, 7) is 10.3. The van der Waals surface area contributed by atoms with E-state index in [1.165, 1.54) is 6.33 Å². The second-order valence-electron chi connectivity index (χ2n) is 8.15. The van der Waals surface area contributed by atoms with Gasteiger partial charge < -0.3 is 9.64 Å². The van der Waals surface area contributed by atoms with Gasteiger partial charge in [-0.05, 0) is 5.41 Å². The minimum atomic E-state index is -0.0944. The van der Waals surface area contributed by atoms with Gasteiger partial charge in [0.05, 0.1) is 12.3 Å². The Morgan fingerprint density at radius 1 is 1.19 bits per heavy atom. The van der Waals surface area contributed by atoms with Crippen molar-refractivity contribution in [2.24, 2.45) is 5.41 Å². The number of ether oxygens (including phenoxy) is 1. The molecule has 26 heavy (non-hydrogen) atoms. The van der Waals surface area contributed by atoms with Crippen LogP contribution in [0.15, 0.2) is 24.9 Å². The summed E-state index contributed by atoms with van der Waals surface area (Å²) in [5, 5.41) is 0. The van der Waals surface area contributed by atoms with Gasteiger partial charge in [-0.2, -0.15) is 0 Å². The maximum atomic E-state index is 6.11. The van der Waals surface area contributed by atoms with Gasteiger partial charge in [0.15, 0.2) is 0 Å². The molecule has 0 spiro atoms. The minimum Gasteiger partial charge on any atom is -0.369 e. The maximum absolute atomic E-state index is 6.11. The number of hydrogen-bond acceptors (Lipinski definition) is 7. The molecule has 7 nitrogen and oxygen atoms in total. The average Bonchev–Trinajstić information content (AvgIpc) is 2.60. The third-order valence-corrected chi connectivity index (χ3v) is 4.23. The van der Waals surface area contributed by atoms with Crippen molar-refractivity contribution in [3.05, 3.63) is 30.6 Å². The van der Waals surface area contributed by atoms with Gasteiger partial charge >= 0.3 is 0 Å². The first-order valence-electron chi connectivity index (χ1n) is 8.97. The molecule has 2 aromatic rings. The Bertz CT molecular complexity index is 729. The molecular weight excluding hydrogens is 328 g/mol. The second kappa shape index (κ2) is 7.63. The highest BCUT2D eigenvalue weighted by Crippen LogP contribution is 2.31. The van der Waals surface area contributed by atoms with E-state index in [9.17, 15) is 0 Å². The highest BCUT2D eigenvalue weighted by molar-refractivity contribution is 5.64. The third kappa shape index (κ3) is 4.53. The van der Waals surface area contributed by atoms with E-state index in [0.717, 1.165) is 36.5 Å². The Hall–Kier alpha value is -2.12. The van der Waals surface area contributed by atoms with Crippen LogP contribution in [0.1, 0.15) is 32.6 Å². The van der Waals surface area contributed by atoms with Crippen LogP contribution in [-0.2, 0) is 4.74 Å². The van der Waals surface area contributed by atoms with E-state index < -0.39 is 0 Å². The van der Waals surface area contributed by atoms with E-state index in [1.54, 1.807) is 12.4 Å². The predicted octanol–water partition coefficient (Wildman–Crippen LogP) is 2.42. The lowest BCUT2D eigenvalue weighted by Crippen LogP contribution is -2.42. The molecular formula is C19H28N6O. The Morgan fingerprint density at radius 3 is 2.58 bits per heavy atom. The predicted molar refractivity (Wildman–Crippen MR) is 102 cm³/mol. The molecule has 0 N–H and O–H groups in total. The van der Waals surface area contributed by atoms with Crippen molar-refractivity contribution in [1.82, 2.24) is 24.8 Å². The molecule has 1 fully saturated rings. The van der Waals surface area contributed by atoms with Crippen molar-refractivity contribution in [3.8, 4) is 11.1 Å². The van der Waals surface area contributed by atoms with E-state index in [1.807, 2.05) is 25.2 Å². The number of morpholine rings is 1. The summed E-state index contributed by atoms with van der Waals surface area (Å²) >= 11 is 0. The van der Waals surface area contributed by atoms with Crippen LogP contribution in [0.5, 0.6) is 0 Å². The first-order valence-corrected chi connectivity index (χ1v) is 8.97. The highest BCUT2D eigenvalue weighted by Gasteiger charge is 2.28. The summed E-state index contributed by atoms with van der Waals surface area (Å²) in [6, 6.07) is 0. The highest BCUT2D eigenvalue weighted by atomic mass is 16.5. The lowest BCUT2D eigenvalue weighted by atomic mass is 9.95. The first kappa shape index (κ1) is 18.7. The van der Waals surface area contributed by atoms with E-state index in [-0.39, 0.29) is 11.5 Å². The van der Waals surface area contributed by atoms with E-state index >= 15 is 0 Å². The molecule has 3 heterocycles. The largest absolute Gasteiger partial charge is 0.369 e. The fourth-order valence-corrected chi connectivity index (χ4v) is 3.19. The van der Waals surface area contributed by atoms with Gasteiger partial charge in [-0.3, -0.25) is 4.90 Å². The van der Waals surface area contributed by atoms with Crippen LogP contribution in [0.4, 0.5) is 5.95 Å². The molecule has 0 aromatic carbocycles. The van der Waals surface area contributed by atoms with Gasteiger partial charge in [-0.1, -0.05) is 20.8 Å². The van der Waals surface area contributed by atoms with Gasteiger partial charge in [-0.25, -0.2) is 19.9 Å². The Labute approximate surface area is 155 Å². The lowest BCUT2D eigenvalue weighted by Gasteiger charge is -2.37. The fourth-order valence-electron chi connectivity index (χ4n) is 3.19. The van der Waals surface area contributed by atoms with E-state index in [0.29, 0.717) is 12.6 Å². The number of nitrogens with zero attached hydrogens (tertiary/aromatic N) is 6. The molecule has 3 rings (SSSR count). The Balaban J connectivity index is 1.95.